The van der Waals surface area contributed by atoms with Crippen molar-refractivity contribution >= 4 is 19.8 Å². The van der Waals surface area contributed by atoms with Crippen molar-refractivity contribution in [2.45, 2.75) is 238 Å². The van der Waals surface area contributed by atoms with E-state index in [-0.39, 0.29) is 26.1 Å². The van der Waals surface area contributed by atoms with Gasteiger partial charge >= 0.3 is 11.9 Å². The van der Waals surface area contributed by atoms with Gasteiger partial charge in [-0.3, -0.25) is 14.2 Å². The van der Waals surface area contributed by atoms with Crippen LogP contribution in [0.15, 0.2) is 97.2 Å². The van der Waals surface area contributed by atoms with E-state index in [1.165, 1.54) is 103 Å². The molecule has 9 nitrogen and oxygen atoms in total. The average molecular weight is 1030 g/mol. The molecule has 0 radical (unpaired) electrons. The lowest BCUT2D eigenvalue weighted by atomic mass is 10.0. The van der Waals surface area contributed by atoms with Gasteiger partial charge in [0.05, 0.1) is 27.7 Å². The summed E-state index contributed by atoms with van der Waals surface area (Å²) in [7, 11) is 1.15. The van der Waals surface area contributed by atoms with Gasteiger partial charge < -0.3 is 27.9 Å². The quantitative estimate of drug-likeness (QED) is 0.0195. The van der Waals surface area contributed by atoms with E-state index in [2.05, 4.69) is 111 Å². The second-order valence-electron chi connectivity index (χ2n) is 20.3. The van der Waals surface area contributed by atoms with Crippen LogP contribution in [0, 0.1) is 0 Å². The van der Waals surface area contributed by atoms with Crippen molar-refractivity contribution in [3.05, 3.63) is 97.2 Å². The van der Waals surface area contributed by atoms with Crippen molar-refractivity contribution in [1.29, 1.82) is 0 Å². The predicted octanol–water partition coefficient (Wildman–Crippen LogP) is 17.4. The van der Waals surface area contributed by atoms with E-state index in [0.717, 1.165) is 96.3 Å². The maximum atomic E-state index is 12.8. The molecule has 0 spiro atoms. The first kappa shape index (κ1) is 68.9. The Kier molecular flexibility index (Phi) is 50.5. The van der Waals surface area contributed by atoms with Crippen LogP contribution in [0.4, 0.5) is 0 Å². The van der Waals surface area contributed by atoms with Crippen molar-refractivity contribution in [2.75, 3.05) is 47.5 Å². The number of hydrogen-bond acceptors (Lipinski definition) is 8. The summed E-state index contributed by atoms with van der Waals surface area (Å²) in [4.78, 5) is 37.8. The molecule has 414 valence electrons. The van der Waals surface area contributed by atoms with E-state index in [1.54, 1.807) is 0 Å². The van der Waals surface area contributed by atoms with Gasteiger partial charge in [0.25, 0.3) is 7.82 Å². The third-order valence-electron chi connectivity index (χ3n) is 12.1. The highest BCUT2D eigenvalue weighted by Crippen LogP contribution is 2.38. The Morgan fingerprint density at radius 1 is 0.444 bits per heavy atom. The zero-order valence-corrected chi connectivity index (χ0v) is 47.7. The van der Waals surface area contributed by atoms with Crippen LogP contribution < -0.4 is 4.89 Å². The number of carbonyl (C=O) groups excluding carboxylic acids is 2. The zero-order chi connectivity index (χ0) is 52.7. The van der Waals surface area contributed by atoms with Crippen molar-refractivity contribution in [3.8, 4) is 0 Å². The Morgan fingerprint density at radius 2 is 0.792 bits per heavy atom. The van der Waals surface area contributed by atoms with E-state index in [0.29, 0.717) is 17.4 Å². The normalized spacial score (nSPS) is 14.0. The molecule has 0 aromatic carbocycles. The van der Waals surface area contributed by atoms with Crippen LogP contribution in [0.25, 0.3) is 0 Å². The topological polar surface area (TPSA) is 111 Å². The van der Waals surface area contributed by atoms with E-state index in [4.69, 9.17) is 18.5 Å². The SMILES string of the molecule is CC/C=C\C/C=C\C/C=C\C/C=C\C/C=C\C/C=C\CCCCCCCCCCCCCCC(=O)OC(COC(=O)CCCCCCCCC/C=C\C/C=C\CCCCC)COP(=O)([O-])OCC[N+](C)(C)C. The Bertz CT molecular complexity index is 1540. The lowest BCUT2D eigenvalue weighted by molar-refractivity contribution is -0.870. The van der Waals surface area contributed by atoms with Crippen LogP contribution in [0.2, 0.25) is 0 Å². The summed E-state index contributed by atoms with van der Waals surface area (Å²) in [6.45, 7) is 4.09. The average Bonchev–Trinajstić information content (AvgIpc) is 3.34. The zero-order valence-electron chi connectivity index (χ0n) is 46.8. The monoisotopic (exact) mass is 1030 g/mol. The Morgan fingerprint density at radius 3 is 1.18 bits per heavy atom. The maximum Gasteiger partial charge on any atom is 0.306 e. The molecule has 0 aromatic heterocycles. The van der Waals surface area contributed by atoms with Gasteiger partial charge in [-0.25, -0.2) is 0 Å². The van der Waals surface area contributed by atoms with Crippen molar-refractivity contribution in [3.63, 3.8) is 0 Å². The minimum Gasteiger partial charge on any atom is -0.756 e. The molecule has 0 aliphatic rings. The van der Waals surface area contributed by atoms with Gasteiger partial charge in [-0.15, -0.1) is 0 Å². The van der Waals surface area contributed by atoms with E-state index in [1.807, 2.05) is 21.1 Å². The molecule has 0 bridgehead atoms. The number of phosphoric acid groups is 1. The molecule has 2 unspecified atom stereocenters. The van der Waals surface area contributed by atoms with E-state index < -0.39 is 32.5 Å². The number of quaternary nitrogens is 1. The molecule has 0 aliphatic carbocycles. The van der Waals surface area contributed by atoms with Crippen LogP contribution >= 0.6 is 7.82 Å². The molecule has 0 N–H and O–H groups in total. The van der Waals surface area contributed by atoms with Crippen molar-refractivity contribution in [1.82, 2.24) is 0 Å². The molecule has 0 fully saturated rings. The van der Waals surface area contributed by atoms with Gasteiger partial charge in [-0.05, 0) is 96.3 Å². The number of esters is 2. The molecular formula is C62H108NO8P. The number of nitrogens with zero attached hydrogens (tertiary/aromatic N) is 1. The van der Waals surface area contributed by atoms with Crippen LogP contribution in [0.3, 0.4) is 0 Å². The smallest absolute Gasteiger partial charge is 0.306 e. The van der Waals surface area contributed by atoms with Crippen LogP contribution in [-0.4, -0.2) is 70.0 Å². The van der Waals surface area contributed by atoms with Crippen LogP contribution in [0.1, 0.15) is 232 Å². The first-order chi connectivity index (χ1) is 35.0. The Balaban J connectivity index is 4.16. The van der Waals surface area contributed by atoms with Crippen LogP contribution in [0.5, 0.6) is 0 Å². The molecule has 0 saturated carbocycles. The highest BCUT2D eigenvalue weighted by Gasteiger charge is 2.21. The lowest BCUT2D eigenvalue weighted by Gasteiger charge is -2.28. The fourth-order valence-electron chi connectivity index (χ4n) is 7.63. The van der Waals surface area contributed by atoms with Gasteiger partial charge in [0.1, 0.15) is 19.8 Å². The maximum absolute atomic E-state index is 12.8. The molecule has 0 amide bonds. The second-order valence-corrected chi connectivity index (χ2v) is 21.7. The Labute approximate surface area is 443 Å². The summed E-state index contributed by atoms with van der Waals surface area (Å²) in [6.07, 6.45) is 71.6. The first-order valence-electron chi connectivity index (χ1n) is 28.9. The second kappa shape index (κ2) is 52.8. The lowest BCUT2D eigenvalue weighted by Crippen LogP contribution is -2.37. The summed E-state index contributed by atoms with van der Waals surface area (Å²) in [5.41, 5.74) is 0. The molecule has 2 atom stereocenters. The molecule has 72 heavy (non-hydrogen) atoms. The summed E-state index contributed by atoms with van der Waals surface area (Å²) >= 11 is 0. The molecule has 10 heteroatoms. The largest absolute Gasteiger partial charge is 0.756 e. The molecule has 0 heterocycles. The Hall–Kier alpha value is -3.07. The number of hydrogen-bond donors (Lipinski definition) is 0. The predicted molar refractivity (Wildman–Crippen MR) is 305 cm³/mol. The number of phosphoric ester groups is 1. The van der Waals surface area contributed by atoms with Crippen molar-refractivity contribution < 1.29 is 42.1 Å². The summed E-state index contributed by atoms with van der Waals surface area (Å²) in [5.74, 6) is -0.846. The number of rotatable bonds is 52. The van der Waals surface area contributed by atoms with Gasteiger partial charge in [0, 0.05) is 12.8 Å². The first-order valence-corrected chi connectivity index (χ1v) is 30.4. The minimum absolute atomic E-state index is 0.0364. The van der Waals surface area contributed by atoms with Gasteiger partial charge in [0.2, 0.25) is 0 Å². The highest BCUT2D eigenvalue weighted by atomic mass is 31.2. The van der Waals surface area contributed by atoms with E-state index >= 15 is 0 Å². The number of unbranched alkanes of at least 4 members (excludes halogenated alkanes) is 22. The standard InChI is InChI=1S/C62H108NO8P/c1-6-8-10-12-14-16-18-20-22-24-25-26-27-28-29-30-31-32-33-34-35-36-37-39-41-43-45-47-49-51-53-55-62(65)71-60(59-70-72(66,67)69-57-56-63(3,4)5)58-68-61(64)54-52-50-48-46-44-42-40-38-23-21-19-17-15-13-11-9-7-2/h8,10,14-17,20-23,25-26,28-29,31-32,60H,6-7,9,11-13,18-19,24,27,30,33-59H2,1-5H3/b10-8-,16-14-,17-15-,22-20-,23-21-,26-25-,29-28-,32-31-. The fraction of sp³-hybridized carbons (Fsp3) is 0.710. The molecule has 0 aromatic rings. The summed E-state index contributed by atoms with van der Waals surface area (Å²) in [5, 5.41) is 0. The third-order valence-corrected chi connectivity index (χ3v) is 13.1. The van der Waals surface area contributed by atoms with Gasteiger partial charge in [-0.1, -0.05) is 220 Å². The van der Waals surface area contributed by atoms with Crippen LogP contribution in [-0.2, 0) is 32.7 Å². The minimum atomic E-state index is -4.64. The third kappa shape index (κ3) is 56.2. The highest BCUT2D eigenvalue weighted by molar-refractivity contribution is 7.45. The molecular weight excluding hydrogens is 918 g/mol. The number of ether oxygens (including phenoxy) is 2. The summed E-state index contributed by atoms with van der Waals surface area (Å²) in [6, 6.07) is 0. The molecule has 0 rings (SSSR count). The number of likely N-dealkylation sites (N-methyl/N-ethyl adjacent to an activating group) is 1. The van der Waals surface area contributed by atoms with Gasteiger partial charge in [0.15, 0.2) is 6.10 Å². The number of allylic oxidation sites excluding steroid dienone is 16. The number of carbonyl (C=O) groups is 2. The van der Waals surface area contributed by atoms with Gasteiger partial charge in [-0.2, -0.15) is 0 Å². The fourth-order valence-corrected chi connectivity index (χ4v) is 8.36. The van der Waals surface area contributed by atoms with Crippen molar-refractivity contribution in [2.24, 2.45) is 0 Å². The molecule has 0 aliphatic heterocycles. The summed E-state index contributed by atoms with van der Waals surface area (Å²) < 4.78 is 34.1. The van der Waals surface area contributed by atoms with E-state index in [9.17, 15) is 19.0 Å². The molecule has 0 saturated heterocycles.